The zero-order valence-corrected chi connectivity index (χ0v) is 8.40. The molecule has 0 fully saturated rings. The van der Waals surface area contributed by atoms with Crippen LogP contribution in [0.25, 0.3) is 0 Å². The van der Waals surface area contributed by atoms with Crippen LogP contribution in [0, 0.1) is 10.1 Å². The number of carbonyl (C=O) groups is 1. The topological polar surface area (TPSA) is 102 Å². The minimum Gasteiger partial charge on any atom is -0.464 e. The number of hydrogen-bond donors (Lipinski definition) is 1. The number of alkyl halides is 2. The van der Waals surface area contributed by atoms with Crippen LogP contribution in [0.15, 0.2) is 10.9 Å². The summed E-state index contributed by atoms with van der Waals surface area (Å²) in [5.74, 6) is -1.07. The average molecular weight is 248 g/mol. The van der Waals surface area contributed by atoms with Crippen LogP contribution in [0.3, 0.4) is 0 Å². The van der Waals surface area contributed by atoms with Crippen molar-refractivity contribution in [3.63, 3.8) is 0 Å². The summed E-state index contributed by atoms with van der Waals surface area (Å²) >= 11 is 0. The second kappa shape index (κ2) is 4.68. The van der Waals surface area contributed by atoms with Crippen LogP contribution in [0.5, 0.6) is 0 Å². The maximum Gasteiger partial charge on any atom is 0.354 e. The van der Waals surface area contributed by atoms with Gasteiger partial charge in [-0.05, 0) is 6.07 Å². The van der Waals surface area contributed by atoms with E-state index in [1.165, 1.54) is 0 Å². The van der Waals surface area contributed by atoms with Crippen molar-refractivity contribution in [1.29, 1.82) is 0 Å². The van der Waals surface area contributed by atoms with Gasteiger partial charge in [-0.3, -0.25) is 14.9 Å². The summed E-state index contributed by atoms with van der Waals surface area (Å²) in [4.78, 5) is 33.2. The molecule has 9 heteroatoms. The highest BCUT2D eigenvalue weighted by Crippen LogP contribution is 2.26. The highest BCUT2D eigenvalue weighted by atomic mass is 19.3. The number of esters is 1. The van der Waals surface area contributed by atoms with E-state index in [2.05, 4.69) is 4.74 Å². The molecule has 1 aromatic heterocycles. The molecule has 1 heterocycles. The van der Waals surface area contributed by atoms with Gasteiger partial charge in [-0.15, -0.1) is 0 Å². The predicted molar refractivity (Wildman–Crippen MR) is 50.0 cm³/mol. The average Bonchev–Trinajstić information content (AvgIpc) is 2.26. The van der Waals surface area contributed by atoms with E-state index in [-0.39, 0.29) is 0 Å². The number of ether oxygens (including phenoxy) is 1. The van der Waals surface area contributed by atoms with Crippen molar-refractivity contribution in [2.75, 3.05) is 7.11 Å². The fourth-order valence-corrected chi connectivity index (χ4v) is 1.15. The molecule has 0 atom stereocenters. The van der Waals surface area contributed by atoms with Crippen molar-refractivity contribution in [3.05, 3.63) is 37.8 Å². The molecule has 0 radical (unpaired) electrons. The summed E-state index contributed by atoms with van der Waals surface area (Å²) in [6.07, 6.45) is -3.25. The Kier molecular flexibility index (Phi) is 3.51. The number of nitrogens with one attached hydrogen (secondary N) is 1. The highest BCUT2D eigenvalue weighted by Gasteiger charge is 2.28. The van der Waals surface area contributed by atoms with Crippen LogP contribution < -0.4 is 5.56 Å². The van der Waals surface area contributed by atoms with E-state index < -0.39 is 39.8 Å². The van der Waals surface area contributed by atoms with Crippen molar-refractivity contribution < 1.29 is 23.2 Å². The lowest BCUT2D eigenvalue weighted by atomic mass is 10.2. The predicted octanol–water partition coefficient (Wildman–Crippen LogP) is 1.01. The quantitative estimate of drug-likeness (QED) is 0.488. The second-order valence-corrected chi connectivity index (χ2v) is 2.87. The Balaban J connectivity index is 3.52. The Labute approximate surface area is 92.2 Å². The number of aromatic nitrogens is 1. The molecule has 92 valence electrons. The van der Waals surface area contributed by atoms with Crippen LogP contribution in [-0.2, 0) is 4.74 Å². The number of nitro groups is 1. The van der Waals surface area contributed by atoms with Crippen LogP contribution >= 0.6 is 0 Å². The van der Waals surface area contributed by atoms with Gasteiger partial charge in [-0.2, -0.15) is 0 Å². The summed E-state index contributed by atoms with van der Waals surface area (Å²) < 4.78 is 29.2. The smallest absolute Gasteiger partial charge is 0.354 e. The Morgan fingerprint density at radius 1 is 1.59 bits per heavy atom. The Morgan fingerprint density at radius 3 is 2.59 bits per heavy atom. The van der Waals surface area contributed by atoms with Crippen LogP contribution in [0.4, 0.5) is 14.5 Å². The molecule has 0 aliphatic rings. The van der Waals surface area contributed by atoms with Gasteiger partial charge in [-0.25, -0.2) is 13.6 Å². The van der Waals surface area contributed by atoms with E-state index in [0.29, 0.717) is 6.07 Å². The first-order valence-corrected chi connectivity index (χ1v) is 4.16. The number of nitrogens with zero attached hydrogens (tertiary/aromatic N) is 1. The van der Waals surface area contributed by atoms with Gasteiger partial charge in [0.15, 0.2) is 0 Å². The van der Waals surface area contributed by atoms with E-state index in [0.717, 1.165) is 7.11 Å². The molecule has 0 aromatic carbocycles. The molecule has 0 amide bonds. The molecule has 7 nitrogen and oxygen atoms in total. The molecule has 1 aromatic rings. The number of methoxy groups -OCH3 is 1. The monoisotopic (exact) mass is 248 g/mol. The maximum absolute atomic E-state index is 12.5. The van der Waals surface area contributed by atoms with Gasteiger partial charge in [0.1, 0.15) is 11.3 Å². The Morgan fingerprint density at radius 2 is 2.18 bits per heavy atom. The maximum atomic E-state index is 12.5. The summed E-state index contributed by atoms with van der Waals surface area (Å²) in [7, 11) is 0.976. The molecule has 0 saturated carbocycles. The SMILES string of the molecule is COC(=O)c1cc(C(F)F)c([N+](=O)[O-])c(=O)[nH]1. The van der Waals surface area contributed by atoms with Crippen molar-refractivity contribution in [1.82, 2.24) is 4.98 Å². The van der Waals surface area contributed by atoms with Gasteiger partial charge in [0.05, 0.1) is 12.0 Å². The number of halogens is 2. The fourth-order valence-electron chi connectivity index (χ4n) is 1.15. The summed E-state index contributed by atoms with van der Waals surface area (Å²) in [6, 6.07) is 0.524. The first kappa shape index (κ1) is 12.7. The number of carbonyl (C=O) groups excluding carboxylic acids is 1. The Hall–Kier alpha value is -2.32. The van der Waals surface area contributed by atoms with Gasteiger partial charge in [0.2, 0.25) is 0 Å². The molecule has 17 heavy (non-hydrogen) atoms. The van der Waals surface area contributed by atoms with E-state index in [1.54, 1.807) is 4.98 Å². The molecular weight excluding hydrogens is 242 g/mol. The first-order valence-electron chi connectivity index (χ1n) is 4.16. The van der Waals surface area contributed by atoms with E-state index >= 15 is 0 Å². The van der Waals surface area contributed by atoms with Gasteiger partial charge in [0.25, 0.3) is 6.43 Å². The third-order valence-electron chi connectivity index (χ3n) is 1.86. The molecule has 0 bridgehead atoms. The number of pyridine rings is 1. The molecule has 0 spiro atoms. The minimum absolute atomic E-state index is 0.524. The van der Waals surface area contributed by atoms with E-state index in [1.807, 2.05) is 0 Å². The van der Waals surface area contributed by atoms with Gasteiger partial charge in [-0.1, -0.05) is 0 Å². The third-order valence-corrected chi connectivity index (χ3v) is 1.86. The number of H-pyrrole nitrogens is 1. The molecule has 0 aliphatic heterocycles. The van der Waals surface area contributed by atoms with Crippen LogP contribution in [0.2, 0.25) is 0 Å². The summed E-state index contributed by atoms with van der Waals surface area (Å²) in [5, 5.41) is 10.4. The standard InChI is InChI=1S/C8H6F2N2O5/c1-17-8(14)4-2-3(6(9)10)5(12(15)16)7(13)11-4/h2,6H,1H3,(H,11,13). The molecule has 0 unspecified atom stereocenters. The van der Waals surface area contributed by atoms with Crippen molar-refractivity contribution in [3.8, 4) is 0 Å². The zero-order chi connectivity index (χ0) is 13.2. The molecule has 1 rings (SSSR count). The minimum atomic E-state index is -3.25. The summed E-state index contributed by atoms with van der Waals surface area (Å²) in [5.41, 5.74) is -4.36. The first-order chi connectivity index (χ1) is 7.88. The summed E-state index contributed by atoms with van der Waals surface area (Å²) in [6.45, 7) is 0. The highest BCUT2D eigenvalue weighted by molar-refractivity contribution is 5.87. The lowest BCUT2D eigenvalue weighted by Crippen LogP contribution is -2.19. The lowest BCUT2D eigenvalue weighted by Gasteiger charge is -2.03. The van der Waals surface area contributed by atoms with E-state index in [9.17, 15) is 28.5 Å². The third kappa shape index (κ3) is 2.44. The number of hydrogen-bond acceptors (Lipinski definition) is 5. The van der Waals surface area contributed by atoms with Gasteiger partial charge in [0, 0.05) is 0 Å². The largest absolute Gasteiger partial charge is 0.464 e. The van der Waals surface area contributed by atoms with Crippen LogP contribution in [0.1, 0.15) is 22.5 Å². The molecule has 0 saturated heterocycles. The lowest BCUT2D eigenvalue weighted by molar-refractivity contribution is -0.387. The number of rotatable bonds is 3. The molecule has 0 aliphatic carbocycles. The molecule has 1 N–H and O–H groups in total. The number of aromatic amines is 1. The Bertz CT molecular complexity index is 525. The van der Waals surface area contributed by atoms with E-state index in [4.69, 9.17) is 0 Å². The zero-order valence-electron chi connectivity index (χ0n) is 8.40. The van der Waals surface area contributed by atoms with Crippen molar-refractivity contribution in [2.45, 2.75) is 6.43 Å². The normalized spacial score (nSPS) is 10.4. The van der Waals surface area contributed by atoms with Crippen molar-refractivity contribution >= 4 is 11.7 Å². The fraction of sp³-hybridized carbons (Fsp3) is 0.250. The van der Waals surface area contributed by atoms with Gasteiger partial charge < -0.3 is 9.72 Å². The van der Waals surface area contributed by atoms with Crippen molar-refractivity contribution in [2.24, 2.45) is 0 Å². The molecular formula is C8H6F2N2O5. The van der Waals surface area contributed by atoms with Gasteiger partial charge >= 0.3 is 17.2 Å². The second-order valence-electron chi connectivity index (χ2n) is 2.87. The van der Waals surface area contributed by atoms with Crippen LogP contribution in [-0.4, -0.2) is 23.0 Å².